The summed E-state index contributed by atoms with van der Waals surface area (Å²) < 4.78 is 0. The summed E-state index contributed by atoms with van der Waals surface area (Å²) in [5.74, 6) is 4.52. The molecular formula is C14H17NS. The van der Waals surface area contributed by atoms with Crippen LogP contribution in [0.3, 0.4) is 0 Å². The molecule has 1 N–H and O–H groups in total. The lowest BCUT2D eigenvalue weighted by Crippen LogP contribution is -2.30. The maximum atomic E-state index is 5.30. The highest BCUT2D eigenvalue weighted by atomic mass is 32.2. The number of benzene rings is 1. The highest BCUT2D eigenvalue weighted by Gasteiger charge is 2.22. The van der Waals surface area contributed by atoms with Crippen LogP contribution in [0.2, 0.25) is 0 Å². The van der Waals surface area contributed by atoms with E-state index >= 15 is 0 Å². The summed E-state index contributed by atoms with van der Waals surface area (Å²) in [4.78, 5) is 1.44. The van der Waals surface area contributed by atoms with Crippen LogP contribution >= 0.6 is 11.8 Å². The number of rotatable bonds is 4. The molecule has 0 bridgehead atoms. The third-order valence-corrected chi connectivity index (χ3v) is 4.19. The van der Waals surface area contributed by atoms with E-state index in [2.05, 4.69) is 42.4 Å². The van der Waals surface area contributed by atoms with E-state index in [1.807, 2.05) is 11.8 Å². The van der Waals surface area contributed by atoms with Crippen molar-refractivity contribution in [3.8, 4) is 12.3 Å². The Hall–Kier alpha value is -0.910. The number of hydrogen-bond donors (Lipinski definition) is 1. The first-order valence-electron chi connectivity index (χ1n) is 5.70. The van der Waals surface area contributed by atoms with Gasteiger partial charge in [-0.15, -0.1) is 24.1 Å². The molecule has 16 heavy (non-hydrogen) atoms. The first-order chi connectivity index (χ1) is 7.81. The van der Waals surface area contributed by atoms with Gasteiger partial charge in [-0.1, -0.05) is 18.2 Å². The third-order valence-electron chi connectivity index (χ3n) is 2.94. The van der Waals surface area contributed by atoms with Gasteiger partial charge in [0, 0.05) is 35.6 Å². The Balaban J connectivity index is 1.91. The molecule has 1 aromatic rings. The van der Waals surface area contributed by atoms with Crippen LogP contribution in [0.25, 0.3) is 0 Å². The largest absolute Gasteiger partial charge is 0.313 e. The van der Waals surface area contributed by atoms with Crippen LogP contribution in [0.1, 0.15) is 24.8 Å². The van der Waals surface area contributed by atoms with Crippen molar-refractivity contribution in [1.29, 1.82) is 0 Å². The standard InChI is InChI=1S/C14H17NS/c1-3-6-11(2)15-9-12-10-16-14-8-5-4-7-13(12)14/h1,4-5,7-8,11-12,15H,6,9-10H2,2H3. The number of nitrogens with one attached hydrogen (secondary N) is 1. The van der Waals surface area contributed by atoms with Crippen LogP contribution in [0.4, 0.5) is 0 Å². The van der Waals surface area contributed by atoms with E-state index in [0.717, 1.165) is 13.0 Å². The van der Waals surface area contributed by atoms with Crippen LogP contribution in [0, 0.1) is 12.3 Å². The van der Waals surface area contributed by atoms with Crippen molar-refractivity contribution >= 4 is 11.8 Å². The van der Waals surface area contributed by atoms with Gasteiger partial charge >= 0.3 is 0 Å². The summed E-state index contributed by atoms with van der Waals surface area (Å²) in [6, 6.07) is 9.12. The summed E-state index contributed by atoms with van der Waals surface area (Å²) in [5.41, 5.74) is 1.49. The molecular weight excluding hydrogens is 214 g/mol. The van der Waals surface area contributed by atoms with Crippen molar-refractivity contribution in [3.63, 3.8) is 0 Å². The van der Waals surface area contributed by atoms with E-state index in [9.17, 15) is 0 Å². The van der Waals surface area contributed by atoms with Gasteiger partial charge in [-0.3, -0.25) is 0 Å². The summed E-state index contributed by atoms with van der Waals surface area (Å²) in [5, 5.41) is 3.51. The Kier molecular flexibility index (Phi) is 3.93. The maximum Gasteiger partial charge on any atom is 0.0238 e. The van der Waals surface area contributed by atoms with Crippen molar-refractivity contribution < 1.29 is 0 Å². The molecule has 0 radical (unpaired) electrons. The molecule has 0 spiro atoms. The molecule has 1 aliphatic heterocycles. The molecule has 0 fully saturated rings. The lowest BCUT2D eigenvalue weighted by atomic mass is 10.0. The summed E-state index contributed by atoms with van der Waals surface area (Å²) in [6.45, 7) is 3.18. The van der Waals surface area contributed by atoms with Gasteiger partial charge in [0.25, 0.3) is 0 Å². The minimum Gasteiger partial charge on any atom is -0.313 e. The van der Waals surface area contributed by atoms with E-state index in [-0.39, 0.29) is 0 Å². The lowest BCUT2D eigenvalue weighted by molar-refractivity contribution is 0.530. The molecule has 1 heterocycles. The van der Waals surface area contributed by atoms with Gasteiger partial charge < -0.3 is 5.32 Å². The van der Waals surface area contributed by atoms with Crippen LogP contribution in [0.15, 0.2) is 29.2 Å². The number of fused-ring (bicyclic) bond motifs is 1. The second-order valence-electron chi connectivity index (χ2n) is 4.26. The third kappa shape index (κ3) is 2.61. The number of terminal acetylenes is 1. The van der Waals surface area contributed by atoms with Crippen molar-refractivity contribution in [2.45, 2.75) is 30.2 Å². The molecule has 0 saturated carbocycles. The smallest absolute Gasteiger partial charge is 0.0238 e. The minimum absolute atomic E-state index is 0.419. The molecule has 84 valence electrons. The summed E-state index contributed by atoms with van der Waals surface area (Å²) >= 11 is 1.96. The fourth-order valence-electron chi connectivity index (χ4n) is 1.99. The maximum absolute atomic E-state index is 5.30. The Morgan fingerprint density at radius 2 is 2.38 bits per heavy atom. The fraction of sp³-hybridized carbons (Fsp3) is 0.429. The van der Waals surface area contributed by atoms with Crippen LogP contribution in [-0.2, 0) is 0 Å². The molecule has 2 rings (SSSR count). The molecule has 2 heteroatoms. The average Bonchev–Trinajstić information content (AvgIpc) is 2.70. The minimum atomic E-state index is 0.419. The normalized spacial score (nSPS) is 20.1. The Bertz CT molecular complexity index is 394. The van der Waals surface area contributed by atoms with Crippen LogP contribution < -0.4 is 5.32 Å². The van der Waals surface area contributed by atoms with Crippen LogP contribution in [-0.4, -0.2) is 18.3 Å². The first-order valence-corrected chi connectivity index (χ1v) is 6.68. The van der Waals surface area contributed by atoms with Crippen molar-refractivity contribution in [3.05, 3.63) is 29.8 Å². The topological polar surface area (TPSA) is 12.0 Å². The highest BCUT2D eigenvalue weighted by Crippen LogP contribution is 2.38. The summed E-state index contributed by atoms with van der Waals surface area (Å²) in [6.07, 6.45) is 6.10. The average molecular weight is 231 g/mol. The summed E-state index contributed by atoms with van der Waals surface area (Å²) in [7, 11) is 0. The van der Waals surface area contributed by atoms with E-state index in [1.54, 1.807) is 0 Å². The van der Waals surface area contributed by atoms with Gasteiger partial charge in [-0.25, -0.2) is 0 Å². The first kappa shape index (κ1) is 11.6. The van der Waals surface area contributed by atoms with Gasteiger partial charge in [-0.2, -0.15) is 0 Å². The Morgan fingerprint density at radius 1 is 1.56 bits per heavy atom. The van der Waals surface area contributed by atoms with Gasteiger partial charge in [0.2, 0.25) is 0 Å². The van der Waals surface area contributed by atoms with Gasteiger partial charge in [0.1, 0.15) is 0 Å². The fourth-order valence-corrected chi connectivity index (χ4v) is 3.24. The Labute approximate surface area is 102 Å². The molecule has 1 nitrogen and oxygen atoms in total. The second-order valence-corrected chi connectivity index (χ2v) is 5.33. The molecule has 2 unspecified atom stereocenters. The molecule has 1 aliphatic rings. The highest BCUT2D eigenvalue weighted by molar-refractivity contribution is 7.99. The van der Waals surface area contributed by atoms with Gasteiger partial charge in [0.05, 0.1) is 0 Å². The predicted octanol–water partition coefficient (Wildman–Crippen LogP) is 2.88. The van der Waals surface area contributed by atoms with Crippen molar-refractivity contribution in [1.82, 2.24) is 5.32 Å². The molecule has 0 aliphatic carbocycles. The monoisotopic (exact) mass is 231 g/mol. The van der Waals surface area contributed by atoms with E-state index in [0.29, 0.717) is 12.0 Å². The van der Waals surface area contributed by atoms with E-state index in [4.69, 9.17) is 6.42 Å². The SMILES string of the molecule is C#CCC(C)NCC1CSc2ccccc21. The molecule has 0 saturated heterocycles. The van der Waals surface area contributed by atoms with E-state index < -0.39 is 0 Å². The molecule has 1 aromatic carbocycles. The molecule has 0 amide bonds. The number of thioether (sulfide) groups is 1. The molecule has 0 aromatic heterocycles. The predicted molar refractivity (Wildman–Crippen MR) is 70.8 cm³/mol. The Morgan fingerprint density at radius 3 is 3.19 bits per heavy atom. The molecule has 2 atom stereocenters. The van der Waals surface area contributed by atoms with Gasteiger partial charge in [0.15, 0.2) is 0 Å². The lowest BCUT2D eigenvalue weighted by Gasteiger charge is -2.15. The van der Waals surface area contributed by atoms with Crippen molar-refractivity contribution in [2.24, 2.45) is 0 Å². The van der Waals surface area contributed by atoms with E-state index in [1.165, 1.54) is 16.2 Å². The number of hydrogen-bond acceptors (Lipinski definition) is 2. The zero-order valence-corrected chi connectivity index (χ0v) is 10.4. The van der Waals surface area contributed by atoms with Crippen LogP contribution in [0.5, 0.6) is 0 Å². The van der Waals surface area contributed by atoms with Gasteiger partial charge in [-0.05, 0) is 18.6 Å². The zero-order chi connectivity index (χ0) is 11.4. The van der Waals surface area contributed by atoms with Crippen molar-refractivity contribution in [2.75, 3.05) is 12.3 Å². The quantitative estimate of drug-likeness (QED) is 0.800. The second kappa shape index (κ2) is 5.43. The zero-order valence-electron chi connectivity index (χ0n) is 9.57.